The molecule has 3 aromatic rings. The highest BCUT2D eigenvalue weighted by molar-refractivity contribution is 6.03. The Balaban J connectivity index is 1.85. The van der Waals surface area contributed by atoms with Gasteiger partial charge in [-0.3, -0.25) is 19.7 Å². The molecule has 3 rings (SSSR count). The molecule has 0 aliphatic carbocycles. The predicted molar refractivity (Wildman–Crippen MR) is 99.8 cm³/mol. The molecule has 9 nitrogen and oxygen atoms in total. The average molecular weight is 393 g/mol. The SMILES string of the molecule is N#Cc1cc([N+](=O)[O-])ccc1NC(=O)c1ccc(=O)n(Cc2ccc(F)cc2)n1. The summed E-state index contributed by atoms with van der Waals surface area (Å²) in [4.78, 5) is 34.6. The molecular formula is C19H12FN5O4. The van der Waals surface area contributed by atoms with E-state index in [1.165, 1.54) is 36.4 Å². The number of halogens is 1. The van der Waals surface area contributed by atoms with Crippen molar-refractivity contribution in [2.75, 3.05) is 5.32 Å². The summed E-state index contributed by atoms with van der Waals surface area (Å²) in [6.07, 6.45) is 0. The van der Waals surface area contributed by atoms with Gasteiger partial charge in [-0.25, -0.2) is 9.07 Å². The van der Waals surface area contributed by atoms with E-state index in [4.69, 9.17) is 5.26 Å². The quantitative estimate of drug-likeness (QED) is 0.523. The predicted octanol–water partition coefficient (Wildman–Crippen LogP) is 2.46. The minimum absolute atomic E-state index is 0.0290. The molecular weight excluding hydrogens is 381 g/mol. The molecule has 1 amide bonds. The number of nitriles is 1. The third-order valence-electron chi connectivity index (χ3n) is 3.93. The number of hydrogen-bond donors (Lipinski definition) is 1. The topological polar surface area (TPSA) is 131 Å². The Hall–Kier alpha value is -4.39. The number of hydrogen-bond acceptors (Lipinski definition) is 6. The second-order valence-corrected chi connectivity index (χ2v) is 5.89. The van der Waals surface area contributed by atoms with Crippen molar-refractivity contribution in [3.63, 3.8) is 0 Å². The summed E-state index contributed by atoms with van der Waals surface area (Å²) in [5.74, 6) is -1.12. The van der Waals surface area contributed by atoms with Crippen LogP contribution in [0.1, 0.15) is 21.6 Å². The lowest BCUT2D eigenvalue weighted by Gasteiger charge is -2.09. The van der Waals surface area contributed by atoms with E-state index in [0.717, 1.165) is 22.9 Å². The standard InChI is InChI=1S/C19H12FN5O4/c20-14-3-1-12(2-4-14)11-24-18(26)8-7-17(23-24)19(27)22-16-6-5-15(25(28)29)9-13(16)10-21/h1-9H,11H2,(H,22,27). The van der Waals surface area contributed by atoms with Gasteiger partial charge in [0.15, 0.2) is 0 Å². The fraction of sp³-hybridized carbons (Fsp3) is 0.0526. The number of carbonyl (C=O) groups is 1. The van der Waals surface area contributed by atoms with E-state index in [1.807, 2.05) is 0 Å². The number of rotatable bonds is 5. The van der Waals surface area contributed by atoms with Gasteiger partial charge in [-0.05, 0) is 29.8 Å². The molecule has 10 heteroatoms. The van der Waals surface area contributed by atoms with Gasteiger partial charge in [0.25, 0.3) is 17.2 Å². The summed E-state index contributed by atoms with van der Waals surface area (Å²) >= 11 is 0. The molecule has 144 valence electrons. The zero-order valence-corrected chi connectivity index (χ0v) is 14.7. The van der Waals surface area contributed by atoms with Crippen LogP contribution in [0.5, 0.6) is 0 Å². The zero-order chi connectivity index (χ0) is 21.0. The third-order valence-corrected chi connectivity index (χ3v) is 3.93. The van der Waals surface area contributed by atoms with Crippen LogP contribution < -0.4 is 10.9 Å². The highest BCUT2D eigenvalue weighted by Gasteiger charge is 2.15. The maximum Gasteiger partial charge on any atom is 0.276 e. The van der Waals surface area contributed by atoms with Crippen molar-refractivity contribution in [3.05, 3.63) is 97.7 Å². The van der Waals surface area contributed by atoms with Gasteiger partial charge in [0.2, 0.25) is 0 Å². The molecule has 0 aliphatic rings. The number of anilines is 1. The summed E-state index contributed by atoms with van der Waals surface area (Å²) < 4.78 is 14.1. The van der Waals surface area contributed by atoms with E-state index in [2.05, 4.69) is 10.4 Å². The summed E-state index contributed by atoms with van der Waals surface area (Å²) in [5, 5.41) is 26.4. The lowest BCUT2D eigenvalue weighted by Crippen LogP contribution is -2.26. The minimum Gasteiger partial charge on any atom is -0.319 e. The molecule has 0 aliphatic heterocycles. The summed E-state index contributed by atoms with van der Waals surface area (Å²) in [5.41, 5.74) is -0.257. The van der Waals surface area contributed by atoms with Gasteiger partial charge in [0.1, 0.15) is 17.6 Å². The molecule has 0 spiro atoms. The van der Waals surface area contributed by atoms with Crippen molar-refractivity contribution >= 4 is 17.3 Å². The van der Waals surface area contributed by atoms with Crippen LogP contribution in [0.15, 0.2) is 59.4 Å². The van der Waals surface area contributed by atoms with Gasteiger partial charge in [-0.15, -0.1) is 0 Å². The van der Waals surface area contributed by atoms with E-state index in [0.29, 0.717) is 5.56 Å². The van der Waals surface area contributed by atoms with Gasteiger partial charge in [0.05, 0.1) is 22.7 Å². The number of nitro groups is 1. The molecule has 0 fully saturated rings. The van der Waals surface area contributed by atoms with Crippen molar-refractivity contribution in [1.29, 1.82) is 5.26 Å². The van der Waals surface area contributed by atoms with Gasteiger partial charge in [-0.2, -0.15) is 10.4 Å². The molecule has 0 bridgehead atoms. The van der Waals surface area contributed by atoms with E-state index < -0.39 is 22.2 Å². The molecule has 0 saturated carbocycles. The van der Waals surface area contributed by atoms with Crippen molar-refractivity contribution in [2.45, 2.75) is 6.54 Å². The molecule has 0 atom stereocenters. The first-order valence-corrected chi connectivity index (χ1v) is 8.20. The van der Waals surface area contributed by atoms with Gasteiger partial charge >= 0.3 is 0 Å². The van der Waals surface area contributed by atoms with Gasteiger partial charge < -0.3 is 5.32 Å². The lowest BCUT2D eigenvalue weighted by atomic mass is 10.1. The molecule has 2 aromatic carbocycles. The maximum atomic E-state index is 13.0. The van der Waals surface area contributed by atoms with Crippen molar-refractivity contribution in [3.8, 4) is 6.07 Å². The third kappa shape index (κ3) is 4.48. The van der Waals surface area contributed by atoms with Crippen LogP contribution in [0.2, 0.25) is 0 Å². The first kappa shape index (κ1) is 19.4. The molecule has 1 heterocycles. The largest absolute Gasteiger partial charge is 0.319 e. The van der Waals surface area contributed by atoms with Gasteiger partial charge in [0, 0.05) is 18.2 Å². The molecule has 0 unspecified atom stereocenters. The Kier molecular flexibility index (Phi) is 5.41. The second-order valence-electron chi connectivity index (χ2n) is 5.89. The number of amides is 1. The first-order chi connectivity index (χ1) is 13.9. The number of nitro benzene ring substituents is 1. The Bertz CT molecular complexity index is 1200. The van der Waals surface area contributed by atoms with Crippen LogP contribution >= 0.6 is 0 Å². The highest BCUT2D eigenvalue weighted by Crippen LogP contribution is 2.21. The Labute approximate surface area is 162 Å². The summed E-state index contributed by atoms with van der Waals surface area (Å²) in [7, 11) is 0. The van der Waals surface area contributed by atoms with Crippen LogP contribution in [0.3, 0.4) is 0 Å². The molecule has 29 heavy (non-hydrogen) atoms. The Morgan fingerprint density at radius 3 is 2.59 bits per heavy atom. The van der Waals surface area contributed by atoms with E-state index >= 15 is 0 Å². The monoisotopic (exact) mass is 393 g/mol. The average Bonchev–Trinajstić information content (AvgIpc) is 2.71. The smallest absolute Gasteiger partial charge is 0.276 e. The fourth-order valence-electron chi connectivity index (χ4n) is 2.48. The number of benzene rings is 2. The second kappa shape index (κ2) is 8.10. The lowest BCUT2D eigenvalue weighted by molar-refractivity contribution is -0.384. The van der Waals surface area contributed by atoms with Crippen LogP contribution in [-0.2, 0) is 6.54 Å². The van der Waals surface area contributed by atoms with Crippen LogP contribution in [0.4, 0.5) is 15.8 Å². The molecule has 0 radical (unpaired) electrons. The van der Waals surface area contributed by atoms with E-state index in [9.17, 15) is 24.1 Å². The Morgan fingerprint density at radius 1 is 1.21 bits per heavy atom. The number of nitrogens with one attached hydrogen (secondary N) is 1. The van der Waals surface area contributed by atoms with E-state index in [-0.39, 0.29) is 29.2 Å². The maximum absolute atomic E-state index is 13.0. The number of nitrogens with zero attached hydrogens (tertiary/aromatic N) is 4. The van der Waals surface area contributed by atoms with Crippen LogP contribution in [-0.4, -0.2) is 20.6 Å². The van der Waals surface area contributed by atoms with Gasteiger partial charge in [-0.1, -0.05) is 12.1 Å². The zero-order valence-electron chi connectivity index (χ0n) is 14.7. The van der Waals surface area contributed by atoms with Crippen LogP contribution in [0.25, 0.3) is 0 Å². The number of aromatic nitrogens is 2. The minimum atomic E-state index is -0.705. The highest BCUT2D eigenvalue weighted by atomic mass is 19.1. The summed E-state index contributed by atoms with van der Waals surface area (Å²) in [6, 6.07) is 13.1. The Morgan fingerprint density at radius 2 is 1.93 bits per heavy atom. The normalized spacial score (nSPS) is 10.2. The first-order valence-electron chi connectivity index (χ1n) is 8.20. The number of carbonyl (C=O) groups excluding carboxylic acids is 1. The van der Waals surface area contributed by atoms with Crippen molar-refractivity contribution in [1.82, 2.24) is 9.78 Å². The summed E-state index contributed by atoms with van der Waals surface area (Å²) in [6.45, 7) is 0.0290. The van der Waals surface area contributed by atoms with Crippen molar-refractivity contribution < 1.29 is 14.1 Å². The molecule has 1 aromatic heterocycles. The van der Waals surface area contributed by atoms with Crippen molar-refractivity contribution in [2.24, 2.45) is 0 Å². The number of non-ortho nitro benzene ring substituents is 1. The fourth-order valence-corrected chi connectivity index (χ4v) is 2.48. The van der Waals surface area contributed by atoms with E-state index in [1.54, 1.807) is 6.07 Å². The molecule has 1 N–H and O–H groups in total. The van der Waals surface area contributed by atoms with Crippen LogP contribution in [0, 0.1) is 27.3 Å². The molecule has 0 saturated heterocycles.